The topological polar surface area (TPSA) is 180 Å². The molecule has 12 nitrogen and oxygen atoms in total. The standard InChI is InChI=1S/C56H59N5O7S2/c1-32(2)55(63)40-14-10-38(11-15-40)51-31-52(62)47-29-44(21-23-49(47)58-51)69(65,66)61-43-20-18-37(36(6)28-43)9-7-34(4)56(64)41-16-12-39(13-17-41)53-46-25-26-57-54(46)48-30-45(22-24-50(48)59-53)70(67,68)60-42-19-8-33(3)35(5)27-42/h8,10-24,27-30,32,34,46,51,53-54,57-61H,7,9,25-26,31H2,1-6H3/t34?,46-,51?,53+,54-/m0/s1. The van der Waals surface area contributed by atoms with Crippen molar-refractivity contribution in [2.45, 2.75) is 95.1 Å². The van der Waals surface area contributed by atoms with Crippen LogP contribution in [0.4, 0.5) is 22.7 Å². The summed E-state index contributed by atoms with van der Waals surface area (Å²) in [4.78, 5) is 39.7. The third kappa shape index (κ3) is 9.90. The highest BCUT2D eigenvalue weighted by Crippen LogP contribution is 2.48. The molecule has 3 heterocycles. The SMILES string of the molecule is Cc1ccc(NS(=O)(=O)c2ccc3c(c2)[C@H]2NCC[C@H]2[C@@H](c2ccc(C(=O)C(C)CCc4ccc(NS(=O)(=O)c5ccc6c(c5)C(=O)CC(c5ccc(C(=O)C(C)C)cc5)N6)cc4C)cc2)N3)cc1C. The first-order valence-corrected chi connectivity index (χ1v) is 26.9. The number of ketones is 3. The zero-order valence-electron chi connectivity index (χ0n) is 40.2. The van der Waals surface area contributed by atoms with Gasteiger partial charge in [-0.1, -0.05) is 81.4 Å². The van der Waals surface area contributed by atoms with E-state index in [1.165, 1.54) is 12.1 Å². The van der Waals surface area contributed by atoms with Gasteiger partial charge < -0.3 is 16.0 Å². The molecule has 0 aliphatic carbocycles. The van der Waals surface area contributed by atoms with Gasteiger partial charge in [0.2, 0.25) is 0 Å². The van der Waals surface area contributed by atoms with Crippen LogP contribution in [0.25, 0.3) is 0 Å². The van der Waals surface area contributed by atoms with E-state index >= 15 is 0 Å². The van der Waals surface area contributed by atoms with E-state index in [1.807, 2.05) is 102 Å². The van der Waals surface area contributed by atoms with Crippen molar-refractivity contribution in [2.24, 2.45) is 17.8 Å². The average Bonchev–Trinajstić information content (AvgIpc) is 3.84. The van der Waals surface area contributed by atoms with E-state index in [4.69, 9.17) is 0 Å². The monoisotopic (exact) mass is 977 g/mol. The molecule has 0 saturated carbocycles. The number of Topliss-reactive ketones (excluding diaryl/α,β-unsaturated/α-hetero) is 3. The largest absolute Gasteiger partial charge is 0.378 e. The molecule has 1 saturated heterocycles. The van der Waals surface area contributed by atoms with Gasteiger partial charge in [0, 0.05) is 69.7 Å². The third-order valence-corrected chi connectivity index (χ3v) is 17.1. The molecule has 14 heteroatoms. The molecule has 1 fully saturated rings. The molecule has 362 valence electrons. The van der Waals surface area contributed by atoms with E-state index in [-0.39, 0.29) is 69.4 Å². The van der Waals surface area contributed by atoms with Crippen molar-refractivity contribution in [3.8, 4) is 0 Å². The molecule has 6 aromatic rings. The van der Waals surface area contributed by atoms with Crippen molar-refractivity contribution in [2.75, 3.05) is 26.6 Å². The molecular weight excluding hydrogens is 919 g/mol. The molecule has 6 aromatic carbocycles. The highest BCUT2D eigenvalue weighted by Gasteiger charge is 2.41. The third-order valence-electron chi connectivity index (χ3n) is 14.3. The lowest BCUT2D eigenvalue weighted by molar-refractivity contribution is 0.0921. The first kappa shape index (κ1) is 48.4. The summed E-state index contributed by atoms with van der Waals surface area (Å²) in [6.45, 7) is 12.3. The van der Waals surface area contributed by atoms with E-state index in [2.05, 4.69) is 25.4 Å². The fourth-order valence-corrected chi connectivity index (χ4v) is 12.2. The highest BCUT2D eigenvalue weighted by molar-refractivity contribution is 7.93. The second-order valence-electron chi connectivity index (χ2n) is 19.5. The zero-order chi connectivity index (χ0) is 49.6. The van der Waals surface area contributed by atoms with Crippen LogP contribution in [-0.2, 0) is 26.5 Å². The Morgan fingerprint density at radius 3 is 1.87 bits per heavy atom. The molecule has 0 amide bonds. The van der Waals surface area contributed by atoms with Gasteiger partial charge in [0.05, 0.1) is 21.9 Å². The van der Waals surface area contributed by atoms with Gasteiger partial charge in [-0.25, -0.2) is 16.8 Å². The van der Waals surface area contributed by atoms with Gasteiger partial charge >= 0.3 is 0 Å². The molecule has 0 bridgehead atoms. The molecule has 3 aliphatic heterocycles. The van der Waals surface area contributed by atoms with Crippen LogP contribution >= 0.6 is 0 Å². The van der Waals surface area contributed by atoms with Gasteiger partial charge in [0.15, 0.2) is 17.3 Å². The minimum atomic E-state index is -4.03. The van der Waals surface area contributed by atoms with Crippen LogP contribution in [0.1, 0.15) is 128 Å². The molecule has 0 aromatic heterocycles. The number of hydrogen-bond donors (Lipinski definition) is 5. The molecule has 0 spiro atoms. The smallest absolute Gasteiger partial charge is 0.261 e. The second kappa shape index (κ2) is 19.3. The first-order chi connectivity index (χ1) is 33.3. The Bertz CT molecular complexity index is 3260. The number of nitrogens with one attached hydrogen (secondary N) is 5. The van der Waals surface area contributed by atoms with Crippen LogP contribution in [0.5, 0.6) is 0 Å². The van der Waals surface area contributed by atoms with Gasteiger partial charge in [0.1, 0.15) is 0 Å². The van der Waals surface area contributed by atoms with Crippen LogP contribution in [-0.4, -0.2) is 40.7 Å². The second-order valence-corrected chi connectivity index (χ2v) is 22.9. The maximum absolute atomic E-state index is 13.7. The fraction of sp³-hybridized carbons (Fsp3) is 0.304. The number of carbonyl (C=O) groups is 3. The fourth-order valence-electron chi connectivity index (χ4n) is 10.0. The lowest BCUT2D eigenvalue weighted by atomic mass is 9.80. The Morgan fingerprint density at radius 2 is 1.23 bits per heavy atom. The number of hydrogen-bond acceptors (Lipinski definition) is 10. The maximum Gasteiger partial charge on any atom is 0.261 e. The normalized spacial score (nSPS) is 19.0. The Balaban J connectivity index is 0.800. The lowest BCUT2D eigenvalue weighted by Gasteiger charge is -2.37. The van der Waals surface area contributed by atoms with E-state index in [9.17, 15) is 31.2 Å². The minimum absolute atomic E-state index is 0.0232. The predicted molar refractivity (Wildman–Crippen MR) is 276 cm³/mol. The van der Waals surface area contributed by atoms with Crippen molar-refractivity contribution >= 4 is 60.1 Å². The number of carbonyl (C=O) groups excluding carboxylic acids is 3. The van der Waals surface area contributed by atoms with E-state index in [0.717, 1.165) is 57.6 Å². The quantitative estimate of drug-likeness (QED) is 0.0622. The van der Waals surface area contributed by atoms with E-state index in [1.54, 1.807) is 48.5 Å². The predicted octanol–water partition coefficient (Wildman–Crippen LogP) is 11.1. The van der Waals surface area contributed by atoms with Crippen LogP contribution in [0.2, 0.25) is 0 Å². The average molecular weight is 978 g/mol. The van der Waals surface area contributed by atoms with Crippen molar-refractivity contribution < 1.29 is 31.2 Å². The van der Waals surface area contributed by atoms with E-state index in [0.29, 0.717) is 46.6 Å². The molecule has 5 atom stereocenters. The molecule has 9 rings (SSSR count). The summed E-state index contributed by atoms with van der Waals surface area (Å²) >= 11 is 0. The van der Waals surface area contributed by atoms with Gasteiger partial charge in [-0.05, 0) is 146 Å². The summed E-state index contributed by atoms with van der Waals surface area (Å²) in [5, 5.41) is 10.7. The molecule has 5 N–H and O–H groups in total. The summed E-state index contributed by atoms with van der Waals surface area (Å²) < 4.78 is 59.6. The van der Waals surface area contributed by atoms with Crippen LogP contribution in [0.3, 0.4) is 0 Å². The number of rotatable bonds is 15. The lowest BCUT2D eigenvalue weighted by Crippen LogP contribution is -2.32. The van der Waals surface area contributed by atoms with Crippen molar-refractivity contribution in [3.63, 3.8) is 0 Å². The minimum Gasteiger partial charge on any atom is -0.378 e. The van der Waals surface area contributed by atoms with E-state index < -0.39 is 20.0 Å². The summed E-state index contributed by atoms with van der Waals surface area (Å²) in [5.74, 6) is -0.295. The van der Waals surface area contributed by atoms with Crippen LogP contribution < -0.4 is 25.4 Å². The first-order valence-electron chi connectivity index (χ1n) is 23.9. The molecule has 2 unspecified atom stereocenters. The number of anilines is 4. The van der Waals surface area contributed by atoms with Gasteiger partial charge in [-0.2, -0.15) is 0 Å². The number of sulfonamides is 2. The van der Waals surface area contributed by atoms with Crippen LogP contribution in [0.15, 0.2) is 131 Å². The molecule has 0 radical (unpaired) electrons. The summed E-state index contributed by atoms with van der Waals surface area (Å²) in [5.41, 5.74) is 10.7. The Labute approximate surface area is 411 Å². The van der Waals surface area contributed by atoms with Crippen molar-refractivity contribution in [1.82, 2.24) is 5.32 Å². The summed E-state index contributed by atoms with van der Waals surface area (Å²) in [6, 6.07) is 35.4. The van der Waals surface area contributed by atoms with Crippen molar-refractivity contribution in [1.29, 1.82) is 0 Å². The van der Waals surface area contributed by atoms with Gasteiger partial charge in [-0.15, -0.1) is 0 Å². The van der Waals surface area contributed by atoms with Gasteiger partial charge in [0.25, 0.3) is 20.0 Å². The molecule has 70 heavy (non-hydrogen) atoms. The molecular formula is C56H59N5O7S2. The number of aryl methyl sites for hydroxylation is 4. The summed E-state index contributed by atoms with van der Waals surface area (Å²) in [7, 11) is -7.85. The maximum atomic E-state index is 13.7. The Hall–Kier alpha value is -6.61. The van der Waals surface area contributed by atoms with Gasteiger partial charge in [-0.3, -0.25) is 23.8 Å². The number of fused-ring (bicyclic) bond motifs is 4. The van der Waals surface area contributed by atoms with Crippen LogP contribution in [0, 0.1) is 38.5 Å². The molecule has 3 aliphatic rings. The van der Waals surface area contributed by atoms with Crippen molar-refractivity contribution in [3.05, 3.63) is 177 Å². The highest BCUT2D eigenvalue weighted by atomic mass is 32.2. The Morgan fingerprint density at radius 1 is 0.629 bits per heavy atom. The zero-order valence-corrected chi connectivity index (χ0v) is 41.9. The summed E-state index contributed by atoms with van der Waals surface area (Å²) in [6.07, 6.45) is 2.27. The Kier molecular flexibility index (Phi) is 13.3. The number of benzene rings is 6.